The maximum Gasteiger partial charge on any atom is 0.119 e. The molecular formula is C25H38ClNO. The van der Waals surface area contributed by atoms with Crippen LogP contribution >= 0.6 is 11.6 Å². The molecule has 0 saturated carbocycles. The first-order chi connectivity index (χ1) is 13.7. The number of pyridine rings is 1. The lowest BCUT2D eigenvalue weighted by Gasteiger charge is -2.07. The van der Waals surface area contributed by atoms with Crippen molar-refractivity contribution in [3.05, 3.63) is 35.0 Å². The van der Waals surface area contributed by atoms with Gasteiger partial charge in [-0.05, 0) is 37.1 Å². The third-order valence-electron chi connectivity index (χ3n) is 5.55. The van der Waals surface area contributed by atoms with Gasteiger partial charge in [0.15, 0.2) is 0 Å². The molecule has 0 aliphatic rings. The number of rotatable bonds is 15. The Kier molecular flexibility index (Phi) is 11.4. The molecule has 0 aliphatic carbocycles. The lowest BCUT2D eigenvalue weighted by atomic mass is 10.0. The molecule has 1 heterocycles. The van der Waals surface area contributed by atoms with E-state index in [0.717, 1.165) is 33.8 Å². The Hall–Kier alpha value is -1.28. The van der Waals surface area contributed by atoms with Gasteiger partial charge in [0.25, 0.3) is 0 Å². The normalized spacial score (nSPS) is 11.2. The molecule has 0 saturated heterocycles. The third kappa shape index (κ3) is 8.39. The number of unbranched alkanes of at least 4 members (excludes halogenated alkanes) is 12. The van der Waals surface area contributed by atoms with Crippen molar-refractivity contribution in [2.24, 2.45) is 0 Å². The van der Waals surface area contributed by atoms with E-state index in [2.05, 4.69) is 6.92 Å². The zero-order chi connectivity index (χ0) is 20.0. The molecule has 1 aromatic heterocycles. The number of benzene rings is 1. The molecule has 2 aromatic rings. The molecule has 0 N–H and O–H groups in total. The zero-order valence-corrected chi connectivity index (χ0v) is 18.7. The lowest BCUT2D eigenvalue weighted by molar-refractivity contribution is 0.415. The number of halogens is 1. The fraction of sp³-hybridized carbons (Fsp3) is 0.640. The highest BCUT2D eigenvalue weighted by Crippen LogP contribution is 2.27. The number of aryl methyl sites for hydroxylation is 1. The van der Waals surface area contributed by atoms with Gasteiger partial charge in [0, 0.05) is 11.1 Å². The number of aromatic nitrogens is 1. The number of hydrogen-bond donors (Lipinski definition) is 0. The topological polar surface area (TPSA) is 22.1 Å². The summed E-state index contributed by atoms with van der Waals surface area (Å²) in [6, 6.07) is 7.91. The molecule has 0 spiro atoms. The zero-order valence-electron chi connectivity index (χ0n) is 17.9. The minimum Gasteiger partial charge on any atom is -0.497 e. The van der Waals surface area contributed by atoms with Crippen LogP contribution in [0.4, 0.5) is 0 Å². The standard InChI is InChI=1S/C25H38ClNO/c1-3-4-5-6-7-8-9-10-11-12-13-14-15-16-21-19-24(26)23-20-22(28-2)17-18-25(23)27-21/h17-20H,3-16H2,1-2H3. The van der Waals surface area contributed by atoms with Crippen LogP contribution in [0.2, 0.25) is 5.02 Å². The fourth-order valence-electron chi connectivity index (χ4n) is 3.79. The third-order valence-corrected chi connectivity index (χ3v) is 5.87. The van der Waals surface area contributed by atoms with Crippen LogP contribution in [0.25, 0.3) is 10.9 Å². The molecule has 2 rings (SSSR count). The highest BCUT2D eigenvalue weighted by Gasteiger charge is 2.06. The molecule has 0 unspecified atom stereocenters. The van der Waals surface area contributed by atoms with Crippen LogP contribution in [-0.4, -0.2) is 12.1 Å². The van der Waals surface area contributed by atoms with E-state index in [-0.39, 0.29) is 0 Å². The van der Waals surface area contributed by atoms with Gasteiger partial charge < -0.3 is 4.74 Å². The number of ether oxygens (including phenoxy) is 1. The van der Waals surface area contributed by atoms with E-state index >= 15 is 0 Å². The Balaban J connectivity index is 1.55. The van der Waals surface area contributed by atoms with E-state index in [1.165, 1.54) is 83.5 Å². The van der Waals surface area contributed by atoms with Gasteiger partial charge in [-0.3, -0.25) is 4.98 Å². The van der Waals surface area contributed by atoms with E-state index in [9.17, 15) is 0 Å². The van der Waals surface area contributed by atoms with Crippen molar-refractivity contribution in [2.75, 3.05) is 7.11 Å². The molecule has 0 fully saturated rings. The predicted octanol–water partition coefficient (Wildman–Crippen LogP) is 8.53. The summed E-state index contributed by atoms with van der Waals surface area (Å²) in [6.45, 7) is 2.28. The molecule has 0 amide bonds. The van der Waals surface area contributed by atoms with Crippen molar-refractivity contribution in [2.45, 2.75) is 96.8 Å². The molecule has 3 heteroatoms. The van der Waals surface area contributed by atoms with E-state index in [4.69, 9.17) is 21.3 Å². The molecule has 0 bridgehead atoms. The van der Waals surface area contributed by atoms with Crippen molar-refractivity contribution in [1.29, 1.82) is 0 Å². The van der Waals surface area contributed by atoms with Crippen LogP contribution in [0, 0.1) is 0 Å². The second kappa shape index (κ2) is 13.8. The fourth-order valence-corrected chi connectivity index (χ4v) is 4.07. The Labute approximate surface area is 177 Å². The summed E-state index contributed by atoms with van der Waals surface area (Å²) in [5.41, 5.74) is 2.06. The van der Waals surface area contributed by atoms with E-state index in [1.54, 1.807) is 7.11 Å². The van der Waals surface area contributed by atoms with E-state index < -0.39 is 0 Å². The minimum atomic E-state index is 0.772. The van der Waals surface area contributed by atoms with Gasteiger partial charge in [0.2, 0.25) is 0 Å². The number of nitrogens with zero attached hydrogens (tertiary/aromatic N) is 1. The van der Waals surface area contributed by atoms with Crippen molar-refractivity contribution >= 4 is 22.5 Å². The van der Waals surface area contributed by atoms with Crippen LogP contribution < -0.4 is 4.74 Å². The molecule has 0 radical (unpaired) electrons. The summed E-state index contributed by atoms with van der Waals surface area (Å²) in [5, 5.41) is 1.74. The summed E-state index contributed by atoms with van der Waals surface area (Å²) < 4.78 is 5.27. The summed E-state index contributed by atoms with van der Waals surface area (Å²) >= 11 is 6.45. The van der Waals surface area contributed by atoms with Gasteiger partial charge in [-0.25, -0.2) is 0 Å². The molecule has 0 aliphatic heterocycles. The monoisotopic (exact) mass is 403 g/mol. The van der Waals surface area contributed by atoms with Crippen LogP contribution in [-0.2, 0) is 6.42 Å². The maximum absolute atomic E-state index is 6.45. The van der Waals surface area contributed by atoms with Gasteiger partial charge in [0.05, 0.1) is 17.6 Å². The van der Waals surface area contributed by atoms with Crippen LogP contribution in [0.3, 0.4) is 0 Å². The van der Waals surface area contributed by atoms with Gasteiger partial charge in [0.1, 0.15) is 5.75 Å². The molecule has 1 aromatic carbocycles. The summed E-state index contributed by atoms with van der Waals surface area (Å²) in [6.07, 6.45) is 19.0. The number of methoxy groups -OCH3 is 1. The Bertz CT molecular complexity index is 686. The summed E-state index contributed by atoms with van der Waals surface area (Å²) in [5.74, 6) is 0.820. The summed E-state index contributed by atoms with van der Waals surface area (Å²) in [7, 11) is 1.67. The van der Waals surface area contributed by atoms with Gasteiger partial charge in [-0.1, -0.05) is 95.6 Å². The van der Waals surface area contributed by atoms with E-state index in [0.29, 0.717) is 0 Å². The van der Waals surface area contributed by atoms with Gasteiger partial charge >= 0.3 is 0 Å². The highest BCUT2D eigenvalue weighted by molar-refractivity contribution is 6.35. The van der Waals surface area contributed by atoms with Gasteiger partial charge in [-0.15, -0.1) is 0 Å². The average molecular weight is 404 g/mol. The lowest BCUT2D eigenvalue weighted by Crippen LogP contribution is -1.93. The Morgan fingerprint density at radius 3 is 1.93 bits per heavy atom. The molecule has 28 heavy (non-hydrogen) atoms. The second-order valence-electron chi connectivity index (χ2n) is 7.97. The quantitative estimate of drug-likeness (QED) is 0.278. The van der Waals surface area contributed by atoms with Crippen molar-refractivity contribution in [3.63, 3.8) is 0 Å². The Morgan fingerprint density at radius 1 is 0.786 bits per heavy atom. The smallest absolute Gasteiger partial charge is 0.119 e. The van der Waals surface area contributed by atoms with Gasteiger partial charge in [-0.2, -0.15) is 0 Å². The molecule has 156 valence electrons. The predicted molar refractivity (Wildman–Crippen MR) is 123 cm³/mol. The molecular weight excluding hydrogens is 366 g/mol. The van der Waals surface area contributed by atoms with Crippen molar-refractivity contribution in [3.8, 4) is 5.75 Å². The maximum atomic E-state index is 6.45. The average Bonchev–Trinajstić information content (AvgIpc) is 2.71. The first-order valence-electron chi connectivity index (χ1n) is 11.4. The molecule has 2 nitrogen and oxygen atoms in total. The number of fused-ring (bicyclic) bond motifs is 1. The first-order valence-corrected chi connectivity index (χ1v) is 11.8. The van der Waals surface area contributed by atoms with Crippen molar-refractivity contribution in [1.82, 2.24) is 4.98 Å². The Morgan fingerprint density at radius 2 is 1.36 bits per heavy atom. The summed E-state index contributed by atoms with van der Waals surface area (Å²) in [4.78, 5) is 4.77. The SMILES string of the molecule is CCCCCCCCCCCCCCCc1cc(Cl)c2cc(OC)ccc2n1. The van der Waals surface area contributed by atoms with Crippen LogP contribution in [0.5, 0.6) is 5.75 Å². The largest absolute Gasteiger partial charge is 0.497 e. The minimum absolute atomic E-state index is 0.772. The molecule has 0 atom stereocenters. The first kappa shape index (κ1) is 23.0. The van der Waals surface area contributed by atoms with Crippen LogP contribution in [0.15, 0.2) is 24.3 Å². The second-order valence-corrected chi connectivity index (χ2v) is 8.38. The highest BCUT2D eigenvalue weighted by atomic mass is 35.5. The van der Waals surface area contributed by atoms with Crippen LogP contribution in [0.1, 0.15) is 96.1 Å². The van der Waals surface area contributed by atoms with E-state index in [1.807, 2.05) is 24.3 Å². The van der Waals surface area contributed by atoms with Crippen molar-refractivity contribution < 1.29 is 4.74 Å². The number of hydrogen-bond acceptors (Lipinski definition) is 2.